The predicted molar refractivity (Wildman–Crippen MR) is 127 cm³/mol. The van der Waals surface area contributed by atoms with E-state index in [1.807, 2.05) is 17.0 Å². The van der Waals surface area contributed by atoms with Crippen LogP contribution in [0.1, 0.15) is 53.0 Å². The molecular weight excluding hydrogens is 447 g/mol. The molecule has 1 aliphatic rings. The molecule has 2 N–H and O–H groups in total. The van der Waals surface area contributed by atoms with E-state index in [4.69, 9.17) is 23.2 Å². The molecule has 168 valence electrons. The number of hydrogen-bond donors (Lipinski definition) is 2. The number of pyridine rings is 1. The second-order valence-electron chi connectivity index (χ2n) is 8.26. The van der Waals surface area contributed by atoms with Crippen LogP contribution >= 0.6 is 23.2 Å². The summed E-state index contributed by atoms with van der Waals surface area (Å²) in [5.74, 6) is 0.492. The molecule has 1 aromatic carbocycles. The fourth-order valence-electron chi connectivity index (χ4n) is 4.21. The predicted octanol–water partition coefficient (Wildman–Crippen LogP) is 5.32. The number of H-pyrrole nitrogens is 1. The van der Waals surface area contributed by atoms with Gasteiger partial charge in [0.1, 0.15) is 5.69 Å². The summed E-state index contributed by atoms with van der Waals surface area (Å²) in [5, 5.41) is 4.84. The summed E-state index contributed by atoms with van der Waals surface area (Å²) < 4.78 is 0. The van der Waals surface area contributed by atoms with Crippen LogP contribution in [0.25, 0.3) is 10.9 Å². The zero-order valence-corrected chi connectivity index (χ0v) is 19.3. The third-order valence-corrected chi connectivity index (χ3v) is 6.60. The number of piperidine rings is 1. The molecule has 2 amide bonds. The molecule has 1 saturated heterocycles. The maximum atomic E-state index is 12.7. The van der Waals surface area contributed by atoms with E-state index < -0.39 is 0 Å². The lowest BCUT2D eigenvalue weighted by molar-refractivity contribution is 0.0686. The van der Waals surface area contributed by atoms with E-state index in [1.165, 1.54) is 0 Å². The number of nitrogens with one attached hydrogen (secondary N) is 2. The minimum Gasteiger partial charge on any atom is -0.351 e. The van der Waals surface area contributed by atoms with Gasteiger partial charge in [-0.05, 0) is 55.5 Å². The van der Waals surface area contributed by atoms with Gasteiger partial charge in [0, 0.05) is 48.0 Å². The average Bonchev–Trinajstić information content (AvgIpc) is 3.23. The molecule has 32 heavy (non-hydrogen) atoms. The highest BCUT2D eigenvalue weighted by Crippen LogP contribution is 2.27. The first-order valence-electron chi connectivity index (χ1n) is 11.0. The summed E-state index contributed by atoms with van der Waals surface area (Å²) in [7, 11) is 0. The molecule has 0 aliphatic carbocycles. The number of carbonyl (C=O) groups is 2. The Bertz CT molecular complexity index is 1070. The van der Waals surface area contributed by atoms with Crippen molar-refractivity contribution in [2.24, 2.45) is 5.92 Å². The molecule has 0 unspecified atom stereocenters. The van der Waals surface area contributed by atoms with E-state index in [9.17, 15) is 9.59 Å². The van der Waals surface area contributed by atoms with Gasteiger partial charge in [-0.1, -0.05) is 36.0 Å². The van der Waals surface area contributed by atoms with Crippen molar-refractivity contribution >= 4 is 45.9 Å². The van der Waals surface area contributed by atoms with E-state index in [0.29, 0.717) is 33.8 Å². The molecular formula is C24H26Cl2N4O2. The van der Waals surface area contributed by atoms with Crippen LogP contribution in [0, 0.1) is 5.92 Å². The van der Waals surface area contributed by atoms with E-state index in [1.54, 1.807) is 30.6 Å². The van der Waals surface area contributed by atoms with Crippen molar-refractivity contribution in [2.45, 2.75) is 32.1 Å². The molecule has 0 spiro atoms. The molecule has 0 saturated carbocycles. The van der Waals surface area contributed by atoms with Crippen LogP contribution in [0.4, 0.5) is 0 Å². The fourth-order valence-corrected chi connectivity index (χ4v) is 4.70. The largest absolute Gasteiger partial charge is 0.351 e. The van der Waals surface area contributed by atoms with E-state index in [-0.39, 0.29) is 11.8 Å². The van der Waals surface area contributed by atoms with Crippen molar-refractivity contribution in [1.82, 2.24) is 20.2 Å². The zero-order valence-electron chi connectivity index (χ0n) is 17.7. The van der Waals surface area contributed by atoms with Gasteiger partial charge >= 0.3 is 0 Å². The molecule has 0 bridgehead atoms. The summed E-state index contributed by atoms with van der Waals surface area (Å²) >= 11 is 12.1. The first-order valence-corrected chi connectivity index (χ1v) is 11.7. The Morgan fingerprint density at radius 2 is 1.94 bits per heavy atom. The second-order valence-corrected chi connectivity index (χ2v) is 9.10. The molecule has 3 heterocycles. The number of aromatic amines is 1. The monoisotopic (exact) mass is 472 g/mol. The molecule has 1 fully saturated rings. The van der Waals surface area contributed by atoms with Crippen LogP contribution in [-0.4, -0.2) is 46.3 Å². The summed E-state index contributed by atoms with van der Waals surface area (Å²) in [4.78, 5) is 34.1. The molecule has 6 nitrogen and oxygen atoms in total. The van der Waals surface area contributed by atoms with Crippen molar-refractivity contribution in [3.8, 4) is 0 Å². The van der Waals surface area contributed by atoms with Crippen molar-refractivity contribution < 1.29 is 9.59 Å². The Kier molecular flexibility index (Phi) is 7.33. The SMILES string of the molecule is O=C(NCCCCC1CCN(C(=O)c2ccc(Cl)cc2Cl)CC1)c1cc2cnccc2[nH]1. The number of halogens is 2. The highest BCUT2D eigenvalue weighted by molar-refractivity contribution is 6.36. The quantitative estimate of drug-likeness (QED) is 0.456. The number of aromatic nitrogens is 2. The van der Waals surface area contributed by atoms with Gasteiger partial charge in [0.2, 0.25) is 0 Å². The third-order valence-electron chi connectivity index (χ3n) is 6.05. The van der Waals surface area contributed by atoms with E-state index in [2.05, 4.69) is 15.3 Å². The van der Waals surface area contributed by atoms with Crippen LogP contribution in [0.2, 0.25) is 10.0 Å². The molecule has 2 aromatic heterocycles. The van der Waals surface area contributed by atoms with Crippen LogP contribution in [-0.2, 0) is 0 Å². The number of rotatable bonds is 7. The highest BCUT2D eigenvalue weighted by Gasteiger charge is 2.24. The second kappa shape index (κ2) is 10.4. The van der Waals surface area contributed by atoms with Gasteiger partial charge in [0.05, 0.1) is 10.6 Å². The summed E-state index contributed by atoms with van der Waals surface area (Å²) in [6.07, 6.45) is 8.53. The number of unbranched alkanes of at least 4 members (excludes halogenated alkanes) is 1. The van der Waals surface area contributed by atoms with Gasteiger partial charge in [-0.15, -0.1) is 0 Å². The first-order chi connectivity index (χ1) is 15.5. The third kappa shape index (κ3) is 5.43. The number of amides is 2. The minimum absolute atomic E-state index is 0.0272. The number of likely N-dealkylation sites (tertiary alicyclic amines) is 1. The Morgan fingerprint density at radius 3 is 2.69 bits per heavy atom. The van der Waals surface area contributed by atoms with Gasteiger partial charge in [-0.25, -0.2) is 0 Å². The van der Waals surface area contributed by atoms with Crippen molar-refractivity contribution in [2.75, 3.05) is 19.6 Å². The average molecular weight is 473 g/mol. The molecule has 0 atom stereocenters. The van der Waals surface area contributed by atoms with Crippen LogP contribution < -0.4 is 5.32 Å². The van der Waals surface area contributed by atoms with E-state index in [0.717, 1.165) is 56.1 Å². The Morgan fingerprint density at radius 1 is 1.12 bits per heavy atom. The Balaban J connectivity index is 1.15. The number of fused-ring (bicyclic) bond motifs is 1. The smallest absolute Gasteiger partial charge is 0.267 e. The van der Waals surface area contributed by atoms with E-state index >= 15 is 0 Å². The first kappa shape index (κ1) is 22.6. The number of nitrogens with zero attached hydrogens (tertiary/aromatic N) is 2. The van der Waals surface area contributed by atoms with Crippen LogP contribution in [0.15, 0.2) is 42.7 Å². The maximum Gasteiger partial charge on any atom is 0.267 e. The number of benzene rings is 1. The molecule has 1 aliphatic heterocycles. The fraction of sp³-hybridized carbons (Fsp3) is 0.375. The molecule has 3 aromatic rings. The van der Waals surface area contributed by atoms with Gasteiger partial charge in [-0.3, -0.25) is 14.6 Å². The minimum atomic E-state index is -0.0890. The van der Waals surface area contributed by atoms with Crippen molar-refractivity contribution in [3.63, 3.8) is 0 Å². The maximum absolute atomic E-state index is 12.7. The lowest BCUT2D eigenvalue weighted by Gasteiger charge is -2.32. The number of hydrogen-bond acceptors (Lipinski definition) is 3. The summed E-state index contributed by atoms with van der Waals surface area (Å²) in [6.45, 7) is 2.14. The van der Waals surface area contributed by atoms with Gasteiger partial charge < -0.3 is 15.2 Å². The summed E-state index contributed by atoms with van der Waals surface area (Å²) in [6, 6.07) is 8.68. The molecule has 8 heteroatoms. The van der Waals surface area contributed by atoms with Gasteiger partial charge in [0.15, 0.2) is 0 Å². The van der Waals surface area contributed by atoms with Crippen molar-refractivity contribution in [3.05, 3.63) is 64.0 Å². The lowest BCUT2D eigenvalue weighted by atomic mass is 9.91. The normalized spacial score (nSPS) is 14.6. The number of carbonyl (C=O) groups excluding carboxylic acids is 2. The van der Waals surface area contributed by atoms with Crippen molar-refractivity contribution in [1.29, 1.82) is 0 Å². The van der Waals surface area contributed by atoms with Gasteiger partial charge in [0.25, 0.3) is 11.8 Å². The standard InChI is InChI=1S/C24H26Cl2N4O2/c25-18-4-5-19(20(26)14-18)24(32)30-11-7-16(8-12-30)3-1-2-9-28-23(31)22-13-17-15-27-10-6-21(17)29-22/h4-6,10,13-16,29H,1-3,7-9,11-12H2,(H,28,31). The Labute approximate surface area is 197 Å². The van der Waals surface area contributed by atoms with Crippen LogP contribution in [0.5, 0.6) is 0 Å². The van der Waals surface area contributed by atoms with Gasteiger partial charge in [-0.2, -0.15) is 0 Å². The van der Waals surface area contributed by atoms with Crippen LogP contribution in [0.3, 0.4) is 0 Å². The molecule has 0 radical (unpaired) electrons. The Hall–Kier alpha value is -2.57. The summed E-state index contributed by atoms with van der Waals surface area (Å²) in [5.41, 5.74) is 1.98. The zero-order chi connectivity index (χ0) is 22.5. The highest BCUT2D eigenvalue weighted by atomic mass is 35.5. The lowest BCUT2D eigenvalue weighted by Crippen LogP contribution is -2.38. The topological polar surface area (TPSA) is 78.1 Å². The molecule has 4 rings (SSSR count).